The van der Waals surface area contributed by atoms with E-state index in [-0.39, 0.29) is 23.9 Å². The van der Waals surface area contributed by atoms with Gasteiger partial charge in [-0.3, -0.25) is 9.78 Å². The highest BCUT2D eigenvalue weighted by molar-refractivity contribution is 7.90. The van der Waals surface area contributed by atoms with Gasteiger partial charge in [0.1, 0.15) is 21.3 Å². The van der Waals surface area contributed by atoms with Crippen LogP contribution in [0.25, 0.3) is 0 Å². The molecule has 0 atom stereocenters. The van der Waals surface area contributed by atoms with Crippen molar-refractivity contribution in [2.45, 2.75) is 6.92 Å². The van der Waals surface area contributed by atoms with Crippen LogP contribution in [0, 0.1) is 0 Å². The Balaban J connectivity index is 2.73. The third kappa shape index (κ3) is 5.21. The summed E-state index contributed by atoms with van der Waals surface area (Å²) in [7, 11) is -1.56. The molecule has 1 aromatic rings. The minimum Gasteiger partial charge on any atom is -0.369 e. The van der Waals surface area contributed by atoms with Gasteiger partial charge in [0.25, 0.3) is 5.91 Å². The van der Waals surface area contributed by atoms with E-state index in [9.17, 15) is 13.2 Å². The van der Waals surface area contributed by atoms with E-state index in [1.165, 1.54) is 24.3 Å². The second-order valence-corrected chi connectivity index (χ2v) is 6.44. The molecule has 0 spiro atoms. The lowest BCUT2D eigenvalue weighted by Gasteiger charge is -2.16. The third-order valence-electron chi connectivity index (χ3n) is 2.36. The average Bonchev–Trinajstić information content (AvgIpc) is 2.35. The van der Waals surface area contributed by atoms with Crippen LogP contribution in [0.3, 0.4) is 0 Å². The summed E-state index contributed by atoms with van der Waals surface area (Å²) in [5.74, 6) is 0.0935. The Kier molecular flexibility index (Phi) is 5.22. The highest BCUT2D eigenvalue weighted by Crippen LogP contribution is 2.04. The largest absolute Gasteiger partial charge is 0.369 e. The highest BCUT2D eigenvalue weighted by atomic mass is 32.2. The van der Waals surface area contributed by atoms with E-state index in [1.54, 1.807) is 0 Å². The number of rotatable bonds is 6. The first-order valence-corrected chi connectivity index (χ1v) is 7.88. The van der Waals surface area contributed by atoms with Crippen LogP contribution in [0.2, 0.25) is 0 Å². The number of hydrogen-bond donors (Lipinski definition) is 1. The number of aromatic nitrogens is 2. The second kappa shape index (κ2) is 6.46. The number of nitrogens with one attached hydrogen (secondary N) is 1. The Morgan fingerprint density at radius 3 is 2.68 bits per heavy atom. The van der Waals surface area contributed by atoms with Crippen molar-refractivity contribution in [3.63, 3.8) is 0 Å². The van der Waals surface area contributed by atoms with Crippen molar-refractivity contribution < 1.29 is 13.2 Å². The first kappa shape index (κ1) is 15.4. The smallest absolute Gasteiger partial charge is 0.273 e. The van der Waals surface area contributed by atoms with Gasteiger partial charge in [-0.15, -0.1) is 0 Å². The molecule has 0 aliphatic carbocycles. The molecule has 106 valence electrons. The van der Waals surface area contributed by atoms with Crippen molar-refractivity contribution in [3.8, 4) is 0 Å². The number of carbonyl (C=O) groups is 1. The Hall–Kier alpha value is -1.70. The van der Waals surface area contributed by atoms with Gasteiger partial charge in [0, 0.05) is 26.4 Å². The SMILES string of the molecule is CCNc1cncc(C(=O)N(C)CCS(C)(=O)=O)n1. The fourth-order valence-corrected chi connectivity index (χ4v) is 1.94. The van der Waals surface area contributed by atoms with Gasteiger partial charge in [0.2, 0.25) is 0 Å². The molecule has 0 radical (unpaired) electrons. The topological polar surface area (TPSA) is 92.3 Å². The molecule has 0 bridgehead atoms. The fraction of sp³-hybridized carbons (Fsp3) is 0.545. The van der Waals surface area contributed by atoms with E-state index >= 15 is 0 Å². The van der Waals surface area contributed by atoms with Gasteiger partial charge >= 0.3 is 0 Å². The summed E-state index contributed by atoms with van der Waals surface area (Å²) in [6.45, 7) is 2.72. The number of hydrogen-bond acceptors (Lipinski definition) is 6. The Morgan fingerprint density at radius 2 is 2.11 bits per heavy atom. The van der Waals surface area contributed by atoms with Crippen LogP contribution in [-0.4, -0.2) is 61.3 Å². The molecule has 19 heavy (non-hydrogen) atoms. The maximum atomic E-state index is 12.0. The maximum Gasteiger partial charge on any atom is 0.273 e. The van der Waals surface area contributed by atoms with Crippen LogP contribution in [0.1, 0.15) is 17.4 Å². The summed E-state index contributed by atoms with van der Waals surface area (Å²) in [6, 6.07) is 0. The fourth-order valence-electron chi connectivity index (χ4n) is 1.34. The predicted octanol–water partition coefficient (Wildman–Crippen LogP) is 0.0250. The molecule has 8 heteroatoms. The molecule has 1 rings (SSSR count). The summed E-state index contributed by atoms with van der Waals surface area (Å²) in [5, 5.41) is 2.96. The first-order chi connectivity index (χ1) is 8.83. The van der Waals surface area contributed by atoms with Gasteiger partial charge in [-0.2, -0.15) is 0 Å². The van der Waals surface area contributed by atoms with E-state index in [4.69, 9.17) is 0 Å². The van der Waals surface area contributed by atoms with E-state index in [2.05, 4.69) is 15.3 Å². The van der Waals surface area contributed by atoms with Crippen molar-refractivity contribution in [2.24, 2.45) is 0 Å². The standard InChI is InChI=1S/C11H18N4O3S/c1-4-13-10-8-12-7-9(14-10)11(16)15(2)5-6-19(3,17)18/h7-8H,4-6H2,1-3H3,(H,13,14). The number of anilines is 1. The zero-order chi connectivity index (χ0) is 14.5. The molecule has 0 aromatic carbocycles. The minimum absolute atomic E-state index is 0.0738. The molecule has 7 nitrogen and oxygen atoms in total. The summed E-state index contributed by atoms with van der Waals surface area (Å²) in [4.78, 5) is 21.4. The van der Waals surface area contributed by atoms with Crippen LogP contribution >= 0.6 is 0 Å². The van der Waals surface area contributed by atoms with Crippen LogP contribution in [0.4, 0.5) is 5.82 Å². The molecular weight excluding hydrogens is 268 g/mol. The van der Waals surface area contributed by atoms with Crippen molar-refractivity contribution in [1.29, 1.82) is 0 Å². The van der Waals surface area contributed by atoms with Crippen molar-refractivity contribution in [1.82, 2.24) is 14.9 Å². The minimum atomic E-state index is -3.09. The second-order valence-electron chi connectivity index (χ2n) is 4.18. The lowest BCUT2D eigenvalue weighted by molar-refractivity contribution is 0.0797. The van der Waals surface area contributed by atoms with E-state index in [0.717, 1.165) is 6.26 Å². The Morgan fingerprint density at radius 1 is 1.42 bits per heavy atom. The Bertz CT molecular complexity index is 545. The summed E-state index contributed by atoms with van der Waals surface area (Å²) in [6.07, 6.45) is 4.02. The van der Waals surface area contributed by atoms with Gasteiger partial charge in [-0.25, -0.2) is 13.4 Å². The first-order valence-electron chi connectivity index (χ1n) is 5.82. The summed E-state index contributed by atoms with van der Waals surface area (Å²) < 4.78 is 22.1. The molecule has 0 fully saturated rings. The molecular formula is C11H18N4O3S. The molecule has 0 unspecified atom stereocenters. The predicted molar refractivity (Wildman–Crippen MR) is 72.9 cm³/mol. The number of carbonyl (C=O) groups excluding carboxylic acids is 1. The van der Waals surface area contributed by atoms with Crippen LogP contribution in [-0.2, 0) is 9.84 Å². The molecule has 1 heterocycles. The summed E-state index contributed by atoms with van der Waals surface area (Å²) >= 11 is 0. The van der Waals surface area contributed by atoms with E-state index < -0.39 is 9.84 Å². The van der Waals surface area contributed by atoms with Crippen molar-refractivity contribution in [3.05, 3.63) is 18.1 Å². The van der Waals surface area contributed by atoms with Crippen LogP contribution in [0.15, 0.2) is 12.4 Å². The van der Waals surface area contributed by atoms with E-state index in [0.29, 0.717) is 12.4 Å². The lowest BCUT2D eigenvalue weighted by atomic mass is 10.4. The normalized spacial score (nSPS) is 11.1. The van der Waals surface area contributed by atoms with Gasteiger partial charge < -0.3 is 10.2 Å². The third-order valence-corrected chi connectivity index (χ3v) is 3.28. The molecule has 0 aliphatic heterocycles. The molecule has 1 N–H and O–H groups in total. The van der Waals surface area contributed by atoms with Gasteiger partial charge in [0.05, 0.1) is 18.1 Å². The highest BCUT2D eigenvalue weighted by Gasteiger charge is 2.15. The average molecular weight is 286 g/mol. The quantitative estimate of drug-likeness (QED) is 0.793. The number of sulfone groups is 1. The van der Waals surface area contributed by atoms with E-state index in [1.807, 2.05) is 6.92 Å². The number of nitrogens with zero attached hydrogens (tertiary/aromatic N) is 3. The van der Waals surface area contributed by atoms with Gasteiger partial charge in [-0.1, -0.05) is 0 Å². The molecule has 0 saturated heterocycles. The zero-order valence-corrected chi connectivity index (χ0v) is 12.1. The van der Waals surface area contributed by atoms with Crippen molar-refractivity contribution in [2.75, 3.05) is 37.5 Å². The lowest BCUT2D eigenvalue weighted by Crippen LogP contribution is -2.32. The summed E-state index contributed by atoms with van der Waals surface area (Å²) in [5.41, 5.74) is 0.189. The van der Waals surface area contributed by atoms with Gasteiger partial charge in [0.15, 0.2) is 0 Å². The monoisotopic (exact) mass is 286 g/mol. The maximum absolute atomic E-state index is 12.0. The molecule has 1 aromatic heterocycles. The van der Waals surface area contributed by atoms with Crippen LogP contribution in [0.5, 0.6) is 0 Å². The van der Waals surface area contributed by atoms with Crippen LogP contribution < -0.4 is 5.32 Å². The number of amides is 1. The van der Waals surface area contributed by atoms with Gasteiger partial charge in [-0.05, 0) is 6.92 Å². The molecule has 0 saturated carbocycles. The molecule has 0 aliphatic rings. The zero-order valence-electron chi connectivity index (χ0n) is 11.3. The molecule has 1 amide bonds. The van der Waals surface area contributed by atoms with Crippen molar-refractivity contribution >= 4 is 21.6 Å². The Labute approximate surface area is 113 Å².